The zero-order valence-electron chi connectivity index (χ0n) is 5.68. The topological polar surface area (TPSA) is 12.9 Å². The summed E-state index contributed by atoms with van der Waals surface area (Å²) in [6.07, 6.45) is 1.78. The van der Waals surface area contributed by atoms with Gasteiger partial charge in [-0.1, -0.05) is 0 Å². The maximum Gasteiger partial charge on any atom is 0.141 e. The fraction of sp³-hybridized carbons (Fsp3) is 0.286. The van der Waals surface area contributed by atoms with Gasteiger partial charge >= 0.3 is 0 Å². The van der Waals surface area contributed by atoms with Crippen molar-refractivity contribution in [3.05, 3.63) is 23.4 Å². The van der Waals surface area contributed by atoms with Crippen LogP contribution < -0.4 is 5.59 Å². The second kappa shape index (κ2) is 2.22. The Kier molecular flexibility index (Phi) is 1.56. The number of nitrogens with zero attached hydrogens (tertiary/aromatic N) is 1. The minimum atomic E-state index is 0.595. The molecule has 1 heterocycles. The van der Waals surface area contributed by atoms with Crippen LogP contribution in [-0.2, 0) is 0 Å². The van der Waals surface area contributed by atoms with Crippen molar-refractivity contribution in [1.29, 1.82) is 0 Å². The number of rotatable bonds is 0. The summed E-state index contributed by atoms with van der Waals surface area (Å²) in [6, 6.07) is 1.87. The molecule has 44 valence electrons. The van der Waals surface area contributed by atoms with Gasteiger partial charge in [0.15, 0.2) is 0 Å². The standard InChI is InChI=1S/C7H8BN/c1-5-3-7(8)9-4-6(5)2/h3-4H,1-2H3. The minimum absolute atomic E-state index is 0.595. The highest BCUT2D eigenvalue weighted by atomic mass is 14.6. The Bertz CT molecular complexity index is 220. The van der Waals surface area contributed by atoms with Crippen molar-refractivity contribution >= 4 is 13.4 Å². The van der Waals surface area contributed by atoms with Gasteiger partial charge in [-0.3, -0.25) is 4.98 Å². The zero-order valence-corrected chi connectivity index (χ0v) is 5.68. The SMILES string of the molecule is [B]c1cc(C)c(C)cn1. The highest BCUT2D eigenvalue weighted by Gasteiger charge is 1.90. The van der Waals surface area contributed by atoms with E-state index in [9.17, 15) is 0 Å². The molecule has 2 heteroatoms. The van der Waals surface area contributed by atoms with Crippen LogP contribution in [0.15, 0.2) is 12.3 Å². The van der Waals surface area contributed by atoms with E-state index in [1.54, 1.807) is 6.20 Å². The van der Waals surface area contributed by atoms with Gasteiger partial charge in [0.1, 0.15) is 7.85 Å². The molecule has 1 aromatic heterocycles. The quantitative estimate of drug-likeness (QED) is 0.450. The molecule has 0 aliphatic heterocycles. The van der Waals surface area contributed by atoms with E-state index in [2.05, 4.69) is 4.98 Å². The lowest BCUT2D eigenvalue weighted by molar-refractivity contribution is 1.25. The monoisotopic (exact) mass is 117 g/mol. The van der Waals surface area contributed by atoms with Crippen LogP contribution in [0.25, 0.3) is 0 Å². The van der Waals surface area contributed by atoms with Crippen molar-refractivity contribution in [3.8, 4) is 0 Å². The molecule has 9 heavy (non-hydrogen) atoms. The summed E-state index contributed by atoms with van der Waals surface area (Å²) < 4.78 is 0. The van der Waals surface area contributed by atoms with Gasteiger partial charge in [0.2, 0.25) is 0 Å². The summed E-state index contributed by atoms with van der Waals surface area (Å²) in [6.45, 7) is 4.04. The Labute approximate surface area is 56.5 Å². The Morgan fingerprint density at radius 3 is 2.44 bits per heavy atom. The number of aryl methyl sites for hydroxylation is 2. The lowest BCUT2D eigenvalue weighted by atomic mass is 10.0. The first kappa shape index (κ1) is 6.34. The van der Waals surface area contributed by atoms with Crippen LogP contribution in [0.1, 0.15) is 11.1 Å². The third kappa shape index (κ3) is 1.32. The third-order valence-electron chi connectivity index (χ3n) is 1.39. The van der Waals surface area contributed by atoms with E-state index < -0.39 is 0 Å². The van der Waals surface area contributed by atoms with Crippen LogP contribution in [0, 0.1) is 13.8 Å². The summed E-state index contributed by atoms with van der Waals surface area (Å²) in [7, 11) is 5.42. The molecule has 1 rings (SSSR count). The van der Waals surface area contributed by atoms with Crippen LogP contribution in [-0.4, -0.2) is 12.8 Å². The molecular weight excluding hydrogens is 109 g/mol. The molecule has 0 saturated heterocycles. The lowest BCUT2D eigenvalue weighted by Gasteiger charge is -1.97. The summed E-state index contributed by atoms with van der Waals surface area (Å²) in [4.78, 5) is 3.92. The van der Waals surface area contributed by atoms with Gasteiger partial charge in [0, 0.05) is 6.20 Å². The molecule has 0 fully saturated rings. The molecule has 0 amide bonds. The number of hydrogen-bond acceptors (Lipinski definition) is 1. The predicted octanol–water partition coefficient (Wildman–Crippen LogP) is 0.492. The van der Waals surface area contributed by atoms with E-state index in [4.69, 9.17) is 7.85 Å². The molecule has 0 aliphatic carbocycles. The number of pyridine rings is 1. The zero-order chi connectivity index (χ0) is 6.85. The fourth-order valence-corrected chi connectivity index (χ4v) is 0.646. The molecular formula is C7H8BN. The molecule has 2 radical (unpaired) electrons. The van der Waals surface area contributed by atoms with Crippen molar-refractivity contribution in [1.82, 2.24) is 4.98 Å². The molecule has 0 aliphatic rings. The predicted molar refractivity (Wildman–Crippen MR) is 39.1 cm³/mol. The second-order valence-corrected chi connectivity index (χ2v) is 2.19. The van der Waals surface area contributed by atoms with Crippen LogP contribution in [0.3, 0.4) is 0 Å². The second-order valence-electron chi connectivity index (χ2n) is 2.19. The summed E-state index contributed by atoms with van der Waals surface area (Å²) in [5.74, 6) is 0. The van der Waals surface area contributed by atoms with Crippen molar-refractivity contribution < 1.29 is 0 Å². The van der Waals surface area contributed by atoms with E-state index in [1.807, 2.05) is 19.9 Å². The Morgan fingerprint density at radius 2 is 2.00 bits per heavy atom. The maximum atomic E-state index is 5.42. The maximum absolute atomic E-state index is 5.42. The minimum Gasteiger partial charge on any atom is -0.273 e. The third-order valence-corrected chi connectivity index (χ3v) is 1.39. The lowest BCUT2D eigenvalue weighted by Crippen LogP contribution is -2.07. The van der Waals surface area contributed by atoms with Crippen LogP contribution >= 0.6 is 0 Å². The number of aromatic nitrogens is 1. The van der Waals surface area contributed by atoms with E-state index in [1.165, 1.54) is 11.1 Å². The molecule has 0 saturated carbocycles. The smallest absolute Gasteiger partial charge is 0.141 e. The molecule has 1 aromatic rings. The largest absolute Gasteiger partial charge is 0.273 e. The van der Waals surface area contributed by atoms with Gasteiger partial charge < -0.3 is 0 Å². The van der Waals surface area contributed by atoms with Gasteiger partial charge in [0.25, 0.3) is 0 Å². The first-order valence-corrected chi connectivity index (χ1v) is 2.89. The summed E-state index contributed by atoms with van der Waals surface area (Å²) >= 11 is 0. The van der Waals surface area contributed by atoms with Gasteiger partial charge in [-0.2, -0.15) is 0 Å². The Hall–Kier alpha value is -0.785. The Balaban J connectivity index is 3.17. The Morgan fingerprint density at radius 1 is 1.33 bits per heavy atom. The summed E-state index contributed by atoms with van der Waals surface area (Å²) in [5.41, 5.74) is 2.98. The van der Waals surface area contributed by atoms with Crippen molar-refractivity contribution in [2.45, 2.75) is 13.8 Å². The van der Waals surface area contributed by atoms with Crippen molar-refractivity contribution in [2.75, 3.05) is 0 Å². The van der Waals surface area contributed by atoms with Gasteiger partial charge in [0.05, 0.1) is 0 Å². The first-order valence-electron chi connectivity index (χ1n) is 2.89. The molecule has 0 bridgehead atoms. The van der Waals surface area contributed by atoms with Crippen LogP contribution in [0.4, 0.5) is 0 Å². The molecule has 0 aromatic carbocycles. The molecule has 0 atom stereocenters. The van der Waals surface area contributed by atoms with E-state index >= 15 is 0 Å². The summed E-state index contributed by atoms with van der Waals surface area (Å²) in [5, 5.41) is 0. The van der Waals surface area contributed by atoms with E-state index in [-0.39, 0.29) is 0 Å². The van der Waals surface area contributed by atoms with Crippen molar-refractivity contribution in [3.63, 3.8) is 0 Å². The average molecular weight is 117 g/mol. The highest BCUT2D eigenvalue weighted by Crippen LogP contribution is 1.98. The fourth-order valence-electron chi connectivity index (χ4n) is 0.646. The normalized spacial score (nSPS) is 9.56. The molecule has 0 spiro atoms. The van der Waals surface area contributed by atoms with Gasteiger partial charge in [-0.15, -0.1) is 0 Å². The van der Waals surface area contributed by atoms with Crippen LogP contribution in [0.2, 0.25) is 0 Å². The van der Waals surface area contributed by atoms with Gasteiger partial charge in [-0.25, -0.2) is 0 Å². The van der Waals surface area contributed by atoms with Crippen molar-refractivity contribution in [2.24, 2.45) is 0 Å². The highest BCUT2D eigenvalue weighted by molar-refractivity contribution is 6.30. The molecule has 0 unspecified atom stereocenters. The van der Waals surface area contributed by atoms with Gasteiger partial charge in [-0.05, 0) is 36.6 Å². The average Bonchev–Trinajstić information content (AvgIpc) is 1.80. The van der Waals surface area contributed by atoms with Crippen LogP contribution in [0.5, 0.6) is 0 Å². The molecule has 0 N–H and O–H groups in total. The molecule has 1 nitrogen and oxygen atoms in total. The van der Waals surface area contributed by atoms with E-state index in [0.717, 1.165) is 0 Å². The first-order chi connectivity index (χ1) is 4.20. The number of hydrogen-bond donors (Lipinski definition) is 0. The van der Waals surface area contributed by atoms with E-state index in [0.29, 0.717) is 5.59 Å².